The first-order valence-electron chi connectivity index (χ1n) is 14.4. The highest BCUT2D eigenvalue weighted by Gasteiger charge is 2.39. The highest BCUT2D eigenvalue weighted by Crippen LogP contribution is 2.29. The zero-order valence-electron chi connectivity index (χ0n) is 26.2. The highest BCUT2D eigenvalue weighted by atomic mass is 16.6. The maximum absolute atomic E-state index is 14.3. The summed E-state index contributed by atoms with van der Waals surface area (Å²) in [6, 6.07) is 3.04. The van der Waals surface area contributed by atoms with Crippen molar-refractivity contribution >= 4 is 23.8 Å². The fourth-order valence-electron chi connectivity index (χ4n) is 4.78. The average Bonchev–Trinajstić information content (AvgIpc) is 2.77. The fraction of sp³-hybridized carbons (Fsp3) is 0.677. The molecule has 9 heteroatoms. The van der Waals surface area contributed by atoms with E-state index in [4.69, 9.17) is 10.5 Å². The molecule has 4 N–H and O–H groups in total. The lowest BCUT2D eigenvalue weighted by molar-refractivity contribution is -0.146. The number of alkyl carbamates (subject to hydrolysis) is 1. The van der Waals surface area contributed by atoms with Gasteiger partial charge in [0, 0.05) is 12.1 Å². The van der Waals surface area contributed by atoms with E-state index in [1.165, 1.54) is 4.90 Å². The van der Waals surface area contributed by atoms with Gasteiger partial charge in [0.15, 0.2) is 0 Å². The zero-order valence-corrected chi connectivity index (χ0v) is 26.2. The van der Waals surface area contributed by atoms with E-state index in [9.17, 15) is 19.2 Å². The zero-order chi connectivity index (χ0) is 30.8. The van der Waals surface area contributed by atoms with Crippen LogP contribution in [0.1, 0.15) is 110 Å². The van der Waals surface area contributed by atoms with Gasteiger partial charge in [0.1, 0.15) is 17.7 Å². The van der Waals surface area contributed by atoms with Crippen molar-refractivity contribution in [2.75, 3.05) is 0 Å². The van der Waals surface area contributed by atoms with Gasteiger partial charge in [0.05, 0.1) is 6.42 Å². The molecule has 0 aliphatic heterocycles. The van der Waals surface area contributed by atoms with Gasteiger partial charge in [-0.1, -0.05) is 56.5 Å². The van der Waals surface area contributed by atoms with Crippen LogP contribution in [0.15, 0.2) is 18.2 Å². The lowest BCUT2D eigenvalue weighted by Gasteiger charge is -2.39. The summed E-state index contributed by atoms with van der Waals surface area (Å²) < 4.78 is 5.37. The van der Waals surface area contributed by atoms with Crippen molar-refractivity contribution in [1.82, 2.24) is 15.5 Å². The van der Waals surface area contributed by atoms with Crippen LogP contribution in [0.25, 0.3) is 0 Å². The van der Waals surface area contributed by atoms with E-state index >= 15 is 0 Å². The molecule has 0 saturated carbocycles. The van der Waals surface area contributed by atoms with Crippen molar-refractivity contribution in [2.45, 2.75) is 131 Å². The lowest BCUT2D eigenvalue weighted by atomic mass is 9.94. The quantitative estimate of drug-likeness (QED) is 0.292. The number of rotatable bonds is 14. The van der Waals surface area contributed by atoms with Gasteiger partial charge in [-0.05, 0) is 79.2 Å². The van der Waals surface area contributed by atoms with Crippen LogP contribution in [0.5, 0.6) is 0 Å². The lowest BCUT2D eigenvalue weighted by Crippen LogP contribution is -2.56. The first kappa shape index (κ1) is 34.9. The number of aryl methyl sites for hydroxylation is 2. The third-order valence-electron chi connectivity index (χ3n) is 6.48. The Morgan fingerprint density at radius 2 is 1.50 bits per heavy atom. The van der Waals surface area contributed by atoms with Gasteiger partial charge < -0.3 is 26.0 Å². The molecule has 0 aliphatic carbocycles. The first-order valence-corrected chi connectivity index (χ1v) is 14.4. The SMILES string of the molecule is CCCC(C)NC(=O)C(c1cc(C)cc(C)c1)N(C(=O)C(CC(N)=O)NC(=O)OC(C)(C)C)C(C)CCC(C)C. The molecule has 1 aromatic carbocycles. The number of carbonyl (C=O) groups excluding carboxylic acids is 4. The molecule has 4 atom stereocenters. The molecule has 0 aromatic heterocycles. The van der Waals surface area contributed by atoms with Gasteiger partial charge in [0.25, 0.3) is 0 Å². The molecule has 0 radical (unpaired) electrons. The Hall–Kier alpha value is -3.10. The molecule has 0 aliphatic rings. The van der Waals surface area contributed by atoms with Crippen molar-refractivity contribution in [3.8, 4) is 0 Å². The summed E-state index contributed by atoms with van der Waals surface area (Å²) >= 11 is 0. The molecule has 0 fully saturated rings. The second-order valence-corrected chi connectivity index (χ2v) is 12.5. The minimum atomic E-state index is -1.30. The van der Waals surface area contributed by atoms with Gasteiger partial charge in [-0.3, -0.25) is 14.4 Å². The van der Waals surface area contributed by atoms with E-state index in [-0.39, 0.29) is 18.0 Å². The summed E-state index contributed by atoms with van der Waals surface area (Å²) in [6.45, 7) is 19.1. The summed E-state index contributed by atoms with van der Waals surface area (Å²) in [7, 11) is 0. The van der Waals surface area contributed by atoms with Crippen LogP contribution in [0.3, 0.4) is 0 Å². The Kier molecular flexibility index (Phi) is 13.6. The number of benzene rings is 1. The third kappa shape index (κ3) is 12.0. The monoisotopic (exact) mass is 560 g/mol. The van der Waals surface area contributed by atoms with E-state index in [0.29, 0.717) is 17.9 Å². The first-order chi connectivity index (χ1) is 18.4. The van der Waals surface area contributed by atoms with Crippen molar-refractivity contribution < 1.29 is 23.9 Å². The van der Waals surface area contributed by atoms with Crippen LogP contribution < -0.4 is 16.4 Å². The molecule has 9 nitrogen and oxygen atoms in total. The van der Waals surface area contributed by atoms with E-state index in [0.717, 1.165) is 30.4 Å². The molecular weight excluding hydrogens is 508 g/mol. The molecule has 0 heterocycles. The Balaban J connectivity index is 3.72. The van der Waals surface area contributed by atoms with Crippen molar-refractivity contribution in [2.24, 2.45) is 11.7 Å². The van der Waals surface area contributed by atoms with Gasteiger partial charge in [-0.2, -0.15) is 0 Å². The number of nitrogens with two attached hydrogens (primary N) is 1. The Labute approximate surface area is 241 Å². The fourth-order valence-corrected chi connectivity index (χ4v) is 4.78. The molecule has 226 valence electrons. The van der Waals surface area contributed by atoms with Crippen molar-refractivity contribution in [3.05, 3.63) is 34.9 Å². The number of hydrogen-bond donors (Lipinski definition) is 3. The predicted octanol–water partition coefficient (Wildman–Crippen LogP) is 5.07. The second kappa shape index (κ2) is 15.6. The minimum absolute atomic E-state index is 0.102. The number of nitrogens with one attached hydrogen (secondary N) is 2. The minimum Gasteiger partial charge on any atom is -0.444 e. The predicted molar refractivity (Wildman–Crippen MR) is 159 cm³/mol. The van der Waals surface area contributed by atoms with Crippen molar-refractivity contribution in [3.63, 3.8) is 0 Å². The van der Waals surface area contributed by atoms with Crippen LogP contribution >= 0.6 is 0 Å². The smallest absolute Gasteiger partial charge is 0.408 e. The standard InChI is InChI=1S/C31H52N4O5/c1-11-12-22(6)33-28(37)27(24-16-20(4)15-21(5)17-24)35(23(7)14-13-19(2)3)29(38)25(18-26(32)36)34-30(39)40-31(8,9)10/h15-17,19,22-23,25,27H,11-14,18H2,1-10H3,(H2,32,36)(H,33,37)(H,34,39). The van der Waals surface area contributed by atoms with Crippen LogP contribution in [0, 0.1) is 19.8 Å². The van der Waals surface area contributed by atoms with Gasteiger partial charge in [0.2, 0.25) is 17.7 Å². The molecule has 40 heavy (non-hydrogen) atoms. The number of hydrogen-bond acceptors (Lipinski definition) is 5. The molecule has 0 spiro atoms. The van der Waals surface area contributed by atoms with Gasteiger partial charge >= 0.3 is 6.09 Å². The van der Waals surface area contributed by atoms with Crippen LogP contribution in [0.4, 0.5) is 4.79 Å². The number of amides is 4. The van der Waals surface area contributed by atoms with Crippen LogP contribution in [0.2, 0.25) is 0 Å². The maximum Gasteiger partial charge on any atom is 0.408 e. The van der Waals surface area contributed by atoms with E-state index in [1.807, 2.05) is 52.8 Å². The van der Waals surface area contributed by atoms with Gasteiger partial charge in [-0.15, -0.1) is 0 Å². The Morgan fingerprint density at radius 3 is 1.98 bits per heavy atom. The van der Waals surface area contributed by atoms with Gasteiger partial charge in [-0.25, -0.2) is 4.79 Å². The third-order valence-corrected chi connectivity index (χ3v) is 6.48. The summed E-state index contributed by atoms with van der Waals surface area (Å²) in [5.74, 6) is -1.26. The molecule has 0 bridgehead atoms. The number of carbonyl (C=O) groups is 4. The summed E-state index contributed by atoms with van der Waals surface area (Å²) in [5, 5.41) is 5.64. The second-order valence-electron chi connectivity index (χ2n) is 12.5. The normalized spacial score (nSPS) is 14.6. The van der Waals surface area contributed by atoms with Crippen molar-refractivity contribution in [1.29, 1.82) is 0 Å². The van der Waals surface area contributed by atoms with Crippen LogP contribution in [-0.4, -0.2) is 52.4 Å². The summed E-state index contributed by atoms with van der Waals surface area (Å²) in [4.78, 5) is 54.6. The molecule has 0 saturated heterocycles. The number of ether oxygens (including phenoxy) is 1. The number of nitrogens with zero attached hydrogens (tertiary/aromatic N) is 1. The molecule has 1 rings (SSSR count). The molecule has 4 amide bonds. The largest absolute Gasteiger partial charge is 0.444 e. The summed E-state index contributed by atoms with van der Waals surface area (Å²) in [6.07, 6.45) is 1.84. The summed E-state index contributed by atoms with van der Waals surface area (Å²) in [5.41, 5.74) is 7.28. The van der Waals surface area contributed by atoms with E-state index < -0.39 is 42.0 Å². The van der Waals surface area contributed by atoms with E-state index in [2.05, 4.69) is 24.5 Å². The molecule has 1 aromatic rings. The topological polar surface area (TPSA) is 131 Å². The van der Waals surface area contributed by atoms with E-state index in [1.54, 1.807) is 20.8 Å². The Morgan fingerprint density at radius 1 is 0.925 bits per heavy atom. The molecular formula is C31H52N4O5. The number of primary amides is 1. The van der Waals surface area contributed by atoms with Crippen LogP contribution in [-0.2, 0) is 19.1 Å². The Bertz CT molecular complexity index is 997. The molecule has 4 unspecified atom stereocenters. The maximum atomic E-state index is 14.3. The highest BCUT2D eigenvalue weighted by molar-refractivity contribution is 5.94. The average molecular weight is 561 g/mol.